The van der Waals surface area contributed by atoms with Crippen molar-refractivity contribution in [2.45, 2.75) is 20.8 Å². The number of hydrogen-bond donors (Lipinski definition) is 0. The van der Waals surface area contributed by atoms with Gasteiger partial charge in [0.05, 0.1) is 0 Å². The Morgan fingerprint density at radius 3 is 2.72 bits per heavy atom. The highest BCUT2D eigenvalue weighted by Crippen LogP contribution is 2.20. The van der Waals surface area contributed by atoms with E-state index >= 15 is 0 Å². The van der Waals surface area contributed by atoms with Crippen LogP contribution in [0.1, 0.15) is 28.0 Å². The lowest BCUT2D eigenvalue weighted by Gasteiger charge is -2.20. The third-order valence-corrected chi connectivity index (χ3v) is 3.62. The third-order valence-electron chi connectivity index (χ3n) is 2.68. The van der Waals surface area contributed by atoms with Crippen molar-refractivity contribution in [3.05, 3.63) is 45.9 Å². The van der Waals surface area contributed by atoms with Gasteiger partial charge < -0.3 is 4.90 Å². The Morgan fingerprint density at radius 1 is 1.39 bits per heavy atom. The van der Waals surface area contributed by atoms with Crippen molar-refractivity contribution < 1.29 is 4.79 Å². The van der Waals surface area contributed by atoms with Crippen LogP contribution in [0, 0.1) is 13.8 Å². The Hall–Kier alpha value is -1.68. The van der Waals surface area contributed by atoms with Crippen molar-refractivity contribution in [1.29, 1.82) is 0 Å². The molecular weight excluding hydrogens is 244 g/mol. The van der Waals surface area contributed by atoms with Crippen molar-refractivity contribution in [1.82, 2.24) is 4.98 Å². The topological polar surface area (TPSA) is 33.2 Å². The highest BCUT2D eigenvalue weighted by atomic mass is 32.1. The van der Waals surface area contributed by atoms with E-state index in [0.717, 1.165) is 16.9 Å². The Bertz CT molecular complexity index is 562. The number of nitrogens with zero attached hydrogens (tertiary/aromatic N) is 2. The molecule has 0 fully saturated rings. The van der Waals surface area contributed by atoms with Crippen molar-refractivity contribution in [3.63, 3.8) is 0 Å². The van der Waals surface area contributed by atoms with Gasteiger partial charge in [0.25, 0.3) is 5.91 Å². The lowest BCUT2D eigenvalue weighted by molar-refractivity contribution is 0.0988. The summed E-state index contributed by atoms with van der Waals surface area (Å²) in [6.07, 6.45) is 0. The van der Waals surface area contributed by atoms with Crippen molar-refractivity contribution in [2.75, 3.05) is 11.4 Å². The van der Waals surface area contributed by atoms with Crippen molar-refractivity contribution >= 4 is 22.9 Å². The second-order valence-corrected chi connectivity index (χ2v) is 5.04. The van der Waals surface area contributed by atoms with Crippen LogP contribution in [0.2, 0.25) is 0 Å². The monoisotopic (exact) mass is 260 g/mol. The van der Waals surface area contributed by atoms with Gasteiger partial charge in [-0.15, -0.1) is 11.3 Å². The Labute approximate surface area is 111 Å². The predicted octanol–water partition coefficient (Wildman–Crippen LogP) is 3.43. The van der Waals surface area contributed by atoms with Gasteiger partial charge in [-0.3, -0.25) is 4.79 Å². The van der Waals surface area contributed by atoms with Crippen LogP contribution in [0.5, 0.6) is 0 Å². The minimum atomic E-state index is -0.0267. The molecule has 2 rings (SSSR count). The van der Waals surface area contributed by atoms with Gasteiger partial charge in [0, 0.05) is 23.3 Å². The third kappa shape index (κ3) is 2.59. The van der Waals surface area contributed by atoms with Gasteiger partial charge in [-0.1, -0.05) is 12.1 Å². The van der Waals surface area contributed by atoms with E-state index < -0.39 is 0 Å². The summed E-state index contributed by atoms with van der Waals surface area (Å²) in [5, 5.41) is 2.45. The van der Waals surface area contributed by atoms with Gasteiger partial charge in [0.15, 0.2) is 5.01 Å². The molecule has 94 valence electrons. The summed E-state index contributed by atoms with van der Waals surface area (Å²) in [5.41, 5.74) is 2.97. The molecule has 18 heavy (non-hydrogen) atoms. The number of carbonyl (C=O) groups excluding carboxylic acids is 1. The molecule has 1 heterocycles. The summed E-state index contributed by atoms with van der Waals surface area (Å²) in [7, 11) is 0. The van der Waals surface area contributed by atoms with Crippen molar-refractivity contribution in [2.24, 2.45) is 0 Å². The van der Waals surface area contributed by atoms with E-state index in [4.69, 9.17) is 0 Å². The summed E-state index contributed by atoms with van der Waals surface area (Å²) < 4.78 is 0. The molecule has 0 bridgehead atoms. The molecule has 0 atom stereocenters. The van der Waals surface area contributed by atoms with Crippen molar-refractivity contribution in [3.8, 4) is 0 Å². The van der Waals surface area contributed by atoms with Crippen LogP contribution in [0.25, 0.3) is 0 Å². The van der Waals surface area contributed by atoms with E-state index in [1.165, 1.54) is 11.3 Å². The van der Waals surface area contributed by atoms with Gasteiger partial charge >= 0.3 is 0 Å². The summed E-state index contributed by atoms with van der Waals surface area (Å²) in [5.74, 6) is -0.0267. The number of aromatic nitrogens is 1. The molecule has 0 aliphatic heterocycles. The van der Waals surface area contributed by atoms with E-state index in [0.29, 0.717) is 11.6 Å². The molecule has 0 saturated heterocycles. The van der Waals surface area contributed by atoms with E-state index in [1.54, 1.807) is 4.90 Å². The fraction of sp³-hybridized carbons (Fsp3) is 0.286. The molecule has 3 nitrogen and oxygen atoms in total. The molecule has 2 aromatic rings. The highest BCUT2D eigenvalue weighted by Gasteiger charge is 2.18. The van der Waals surface area contributed by atoms with Crippen LogP contribution in [-0.2, 0) is 0 Å². The fourth-order valence-electron chi connectivity index (χ4n) is 1.81. The first-order valence-corrected chi connectivity index (χ1v) is 6.80. The molecule has 1 aromatic carbocycles. The second-order valence-electron chi connectivity index (χ2n) is 4.18. The smallest absolute Gasteiger partial charge is 0.287 e. The minimum Gasteiger partial charge on any atom is -0.307 e. The van der Waals surface area contributed by atoms with E-state index in [9.17, 15) is 4.79 Å². The SMILES string of the molecule is CCN(C(=O)c1nc(C)cs1)c1cccc(C)c1. The van der Waals surface area contributed by atoms with E-state index in [-0.39, 0.29) is 5.91 Å². The zero-order valence-electron chi connectivity index (χ0n) is 10.8. The lowest BCUT2D eigenvalue weighted by Crippen LogP contribution is -2.30. The number of thiazole rings is 1. The van der Waals surface area contributed by atoms with Gasteiger partial charge in [-0.2, -0.15) is 0 Å². The second kappa shape index (κ2) is 5.31. The van der Waals surface area contributed by atoms with Crippen LogP contribution in [-0.4, -0.2) is 17.4 Å². The van der Waals surface area contributed by atoms with Crippen LogP contribution in [0.3, 0.4) is 0 Å². The molecule has 0 spiro atoms. The zero-order chi connectivity index (χ0) is 13.1. The Kier molecular flexibility index (Phi) is 3.77. The van der Waals surface area contributed by atoms with Gasteiger partial charge in [0.1, 0.15) is 0 Å². The zero-order valence-corrected chi connectivity index (χ0v) is 11.6. The average Bonchev–Trinajstić information content (AvgIpc) is 2.77. The molecule has 0 radical (unpaired) electrons. The number of anilines is 1. The lowest BCUT2D eigenvalue weighted by atomic mass is 10.2. The molecular formula is C14H16N2OS. The summed E-state index contributed by atoms with van der Waals surface area (Å²) >= 11 is 1.40. The summed E-state index contributed by atoms with van der Waals surface area (Å²) in [6, 6.07) is 7.96. The minimum absolute atomic E-state index is 0.0267. The predicted molar refractivity (Wildman–Crippen MR) is 75.4 cm³/mol. The quantitative estimate of drug-likeness (QED) is 0.847. The largest absolute Gasteiger partial charge is 0.307 e. The fourth-order valence-corrected chi connectivity index (χ4v) is 2.55. The van der Waals surface area contributed by atoms with Crippen LogP contribution < -0.4 is 4.90 Å². The number of carbonyl (C=O) groups is 1. The van der Waals surface area contributed by atoms with Crippen LogP contribution in [0.4, 0.5) is 5.69 Å². The maximum absolute atomic E-state index is 12.4. The highest BCUT2D eigenvalue weighted by molar-refractivity contribution is 7.11. The van der Waals surface area contributed by atoms with Gasteiger partial charge in [-0.05, 0) is 38.5 Å². The molecule has 1 aromatic heterocycles. The van der Waals surface area contributed by atoms with E-state index in [1.807, 2.05) is 50.4 Å². The first-order valence-electron chi connectivity index (χ1n) is 5.92. The standard InChI is InChI=1S/C14H16N2OS/c1-4-16(12-7-5-6-10(2)8-12)14(17)13-15-11(3)9-18-13/h5-9H,4H2,1-3H3. The van der Waals surface area contributed by atoms with E-state index in [2.05, 4.69) is 4.98 Å². The molecule has 4 heteroatoms. The molecule has 0 aliphatic rings. The number of hydrogen-bond acceptors (Lipinski definition) is 3. The summed E-state index contributed by atoms with van der Waals surface area (Å²) in [6.45, 7) is 6.53. The molecule has 1 amide bonds. The Balaban J connectivity index is 2.31. The first-order chi connectivity index (χ1) is 8.61. The average molecular weight is 260 g/mol. The molecule has 0 saturated carbocycles. The van der Waals surface area contributed by atoms with Crippen LogP contribution in [0.15, 0.2) is 29.6 Å². The molecule has 0 aliphatic carbocycles. The molecule has 0 unspecified atom stereocenters. The maximum atomic E-state index is 12.4. The number of benzene rings is 1. The first kappa shape index (κ1) is 12.8. The number of amides is 1. The summed E-state index contributed by atoms with van der Waals surface area (Å²) in [4.78, 5) is 18.4. The van der Waals surface area contributed by atoms with Gasteiger partial charge in [-0.25, -0.2) is 4.98 Å². The normalized spacial score (nSPS) is 10.4. The van der Waals surface area contributed by atoms with Gasteiger partial charge in [0.2, 0.25) is 0 Å². The van der Waals surface area contributed by atoms with Crippen LogP contribution >= 0.6 is 11.3 Å². The maximum Gasteiger partial charge on any atom is 0.287 e. The molecule has 0 N–H and O–H groups in total. The Morgan fingerprint density at radius 2 is 2.17 bits per heavy atom. The number of rotatable bonds is 3. The number of aryl methyl sites for hydroxylation is 2.